The Morgan fingerprint density at radius 3 is 2.52 bits per heavy atom. The van der Waals surface area contributed by atoms with Crippen molar-refractivity contribution in [1.29, 1.82) is 0 Å². The molecule has 228 valence electrons. The lowest BCUT2D eigenvalue weighted by molar-refractivity contribution is -0.129. The molecule has 3 aliphatic heterocycles. The number of benzene rings is 2. The van der Waals surface area contributed by atoms with E-state index in [1.807, 2.05) is 17.0 Å². The first-order chi connectivity index (χ1) is 21.4. The van der Waals surface area contributed by atoms with Crippen LogP contribution in [0, 0.1) is 0 Å². The highest BCUT2D eigenvalue weighted by Crippen LogP contribution is 2.32. The number of anilines is 1. The summed E-state index contributed by atoms with van der Waals surface area (Å²) in [5.74, 6) is 1.02. The van der Waals surface area contributed by atoms with Crippen molar-refractivity contribution in [3.05, 3.63) is 76.8 Å². The van der Waals surface area contributed by atoms with E-state index in [9.17, 15) is 14.7 Å². The number of carbonyl (C=O) groups is 2. The van der Waals surface area contributed by atoms with Crippen molar-refractivity contribution in [2.24, 2.45) is 0 Å². The van der Waals surface area contributed by atoms with Gasteiger partial charge in [0.1, 0.15) is 11.5 Å². The molecule has 10 heteroatoms. The number of hydrogen-bond donors (Lipinski definition) is 2. The number of rotatable bonds is 5. The second-order valence-corrected chi connectivity index (χ2v) is 13.1. The summed E-state index contributed by atoms with van der Waals surface area (Å²) in [6, 6.07) is 18.6. The van der Waals surface area contributed by atoms with Gasteiger partial charge in [-0.1, -0.05) is 36.4 Å². The normalized spacial score (nSPS) is 21.3. The van der Waals surface area contributed by atoms with Gasteiger partial charge >= 0.3 is 0 Å². The molecule has 2 N–H and O–H groups in total. The summed E-state index contributed by atoms with van der Waals surface area (Å²) in [6.07, 6.45) is 2.67. The molecular formula is C34H38N6O3S. The van der Waals surface area contributed by atoms with Gasteiger partial charge in [-0.25, -0.2) is 9.97 Å². The fourth-order valence-electron chi connectivity index (χ4n) is 6.96. The third-order valence-electron chi connectivity index (χ3n) is 9.42. The van der Waals surface area contributed by atoms with Crippen molar-refractivity contribution in [1.82, 2.24) is 24.7 Å². The maximum absolute atomic E-state index is 14.0. The van der Waals surface area contributed by atoms with Crippen LogP contribution in [0.1, 0.15) is 47.8 Å². The fourth-order valence-corrected chi connectivity index (χ4v) is 7.87. The minimum atomic E-state index is -0.636. The number of nitrogens with zero attached hydrogens (tertiary/aromatic N) is 5. The third kappa shape index (κ3) is 5.81. The summed E-state index contributed by atoms with van der Waals surface area (Å²) >= 11 is 1.63. The Balaban J connectivity index is 1.12. The molecule has 2 atom stereocenters. The number of piperidine rings is 2. The highest BCUT2D eigenvalue weighted by atomic mass is 32.1. The number of aromatic nitrogens is 2. The van der Waals surface area contributed by atoms with Crippen molar-refractivity contribution in [3.63, 3.8) is 0 Å². The van der Waals surface area contributed by atoms with Gasteiger partial charge in [0.15, 0.2) is 5.82 Å². The molecule has 0 aliphatic carbocycles. The predicted octanol–water partition coefficient (Wildman–Crippen LogP) is 4.41. The zero-order valence-corrected chi connectivity index (χ0v) is 25.8. The van der Waals surface area contributed by atoms with Gasteiger partial charge in [-0.2, -0.15) is 0 Å². The van der Waals surface area contributed by atoms with Crippen molar-refractivity contribution < 1.29 is 14.7 Å². The van der Waals surface area contributed by atoms with Crippen LogP contribution in [0.15, 0.2) is 60.0 Å². The number of hydrogen-bond acceptors (Lipinski definition) is 8. The Morgan fingerprint density at radius 1 is 0.932 bits per heavy atom. The highest BCUT2D eigenvalue weighted by Gasteiger charge is 2.36. The van der Waals surface area contributed by atoms with Gasteiger partial charge in [-0.05, 0) is 59.7 Å². The van der Waals surface area contributed by atoms with Gasteiger partial charge in [-0.3, -0.25) is 14.5 Å². The van der Waals surface area contributed by atoms with Crippen molar-refractivity contribution in [2.45, 2.75) is 57.3 Å². The topological polar surface area (TPSA) is 102 Å². The molecule has 44 heavy (non-hydrogen) atoms. The molecule has 3 aliphatic rings. The number of nitrogens with one attached hydrogen (secondary N) is 1. The van der Waals surface area contributed by atoms with Crippen LogP contribution in [0.3, 0.4) is 0 Å². The molecule has 2 aromatic heterocycles. The maximum atomic E-state index is 14.0. The van der Waals surface area contributed by atoms with E-state index in [2.05, 4.69) is 52.0 Å². The molecule has 2 saturated heterocycles. The number of thiophene rings is 1. The molecule has 5 heterocycles. The summed E-state index contributed by atoms with van der Waals surface area (Å²) in [5, 5.41) is 18.0. The Labute approximate surface area is 261 Å². The number of β-amino-alcohol motifs (C(OH)–C–C–N with tert-alkyl or cyclic N) is 1. The highest BCUT2D eigenvalue weighted by molar-refractivity contribution is 7.17. The van der Waals surface area contributed by atoms with Gasteiger partial charge in [0.05, 0.1) is 6.10 Å². The van der Waals surface area contributed by atoms with Crippen LogP contribution in [0.5, 0.6) is 0 Å². The third-order valence-corrected chi connectivity index (χ3v) is 10.4. The lowest BCUT2D eigenvalue weighted by Gasteiger charge is -2.43. The van der Waals surface area contributed by atoms with E-state index in [4.69, 9.17) is 9.97 Å². The summed E-state index contributed by atoms with van der Waals surface area (Å²) in [6.45, 7) is 5.57. The fraction of sp³-hybridized carbons (Fsp3) is 0.412. The van der Waals surface area contributed by atoms with Crippen LogP contribution in [-0.4, -0.2) is 92.5 Å². The average molecular weight is 611 g/mol. The molecule has 2 fully saturated rings. The standard InChI is InChI=1S/C34H38N6O3S/c1-22(41)38-15-10-26(11-16-38)35-31-19-28(36-33(37-31)27-8-4-7-24-13-18-44-32(24)27)34(43)40-17-12-29(30(42)21-40)39-14-9-23-5-2-3-6-25(23)20-39/h2-8,13,18-19,26,29-30,42H,9-12,14-17,20-21H2,1H3,(H,35,36,37)/t29-,30-/m1/s1. The molecule has 0 saturated carbocycles. The first kappa shape index (κ1) is 28.9. The van der Waals surface area contributed by atoms with E-state index < -0.39 is 6.10 Å². The van der Waals surface area contributed by atoms with Gasteiger partial charge in [0.2, 0.25) is 5.91 Å². The second kappa shape index (κ2) is 12.3. The molecule has 0 radical (unpaired) electrons. The molecule has 4 aromatic rings. The van der Waals surface area contributed by atoms with E-state index in [0.717, 1.165) is 48.0 Å². The van der Waals surface area contributed by atoms with Gasteiger partial charge in [0.25, 0.3) is 5.91 Å². The minimum absolute atomic E-state index is 0.0166. The molecule has 0 bridgehead atoms. The smallest absolute Gasteiger partial charge is 0.272 e. The zero-order valence-electron chi connectivity index (χ0n) is 25.0. The number of fused-ring (bicyclic) bond motifs is 2. The van der Waals surface area contributed by atoms with E-state index in [-0.39, 0.29) is 30.4 Å². The lowest BCUT2D eigenvalue weighted by Crippen LogP contribution is -2.56. The lowest BCUT2D eigenvalue weighted by atomic mass is 9.94. The SMILES string of the molecule is CC(=O)N1CCC(Nc2cc(C(=O)N3CC[C@@H](N4CCc5ccccc5C4)[C@H](O)C3)nc(-c3cccc4ccsc34)n2)CC1. The number of amides is 2. The van der Waals surface area contributed by atoms with Crippen LogP contribution >= 0.6 is 11.3 Å². The molecule has 0 unspecified atom stereocenters. The van der Waals surface area contributed by atoms with Crippen LogP contribution in [0.25, 0.3) is 21.5 Å². The number of aliphatic hydroxyl groups is 1. The molecule has 2 amide bonds. The molecular weight excluding hydrogens is 572 g/mol. The Bertz CT molecular complexity index is 1680. The first-order valence-electron chi connectivity index (χ1n) is 15.6. The quantitative estimate of drug-likeness (QED) is 0.345. The predicted molar refractivity (Wildman–Crippen MR) is 173 cm³/mol. The molecule has 9 nitrogen and oxygen atoms in total. The average Bonchev–Trinajstić information content (AvgIpc) is 3.54. The van der Waals surface area contributed by atoms with E-state index in [0.29, 0.717) is 43.4 Å². The van der Waals surface area contributed by atoms with Crippen molar-refractivity contribution >= 4 is 39.1 Å². The number of carbonyl (C=O) groups excluding carboxylic acids is 2. The van der Waals surface area contributed by atoms with Crippen LogP contribution in [0.2, 0.25) is 0 Å². The van der Waals surface area contributed by atoms with E-state index in [1.54, 1.807) is 29.2 Å². The summed E-state index contributed by atoms with van der Waals surface area (Å²) in [4.78, 5) is 41.5. The van der Waals surface area contributed by atoms with Crippen LogP contribution in [0.4, 0.5) is 5.82 Å². The second-order valence-electron chi connectivity index (χ2n) is 12.2. The molecule has 2 aromatic carbocycles. The van der Waals surface area contributed by atoms with Gasteiger partial charge in [-0.15, -0.1) is 11.3 Å². The van der Waals surface area contributed by atoms with Crippen LogP contribution in [-0.2, 0) is 17.8 Å². The van der Waals surface area contributed by atoms with Gasteiger partial charge in [0, 0.05) is 74.6 Å². The first-order valence-corrected chi connectivity index (χ1v) is 16.5. The van der Waals surface area contributed by atoms with Gasteiger partial charge < -0.3 is 20.2 Å². The largest absolute Gasteiger partial charge is 0.390 e. The number of likely N-dealkylation sites (tertiary alicyclic amines) is 2. The summed E-state index contributed by atoms with van der Waals surface area (Å²) in [7, 11) is 0. The van der Waals surface area contributed by atoms with E-state index in [1.165, 1.54) is 11.1 Å². The minimum Gasteiger partial charge on any atom is -0.390 e. The Morgan fingerprint density at radius 2 is 1.73 bits per heavy atom. The number of aliphatic hydroxyl groups excluding tert-OH is 1. The maximum Gasteiger partial charge on any atom is 0.272 e. The van der Waals surface area contributed by atoms with Crippen molar-refractivity contribution in [3.8, 4) is 11.4 Å². The van der Waals surface area contributed by atoms with E-state index >= 15 is 0 Å². The Hall–Kier alpha value is -3.86. The monoisotopic (exact) mass is 610 g/mol. The molecule has 7 rings (SSSR count). The summed E-state index contributed by atoms with van der Waals surface area (Å²) < 4.78 is 1.08. The Kier molecular flexibility index (Phi) is 8.05. The molecule has 0 spiro atoms. The summed E-state index contributed by atoms with van der Waals surface area (Å²) in [5.41, 5.74) is 3.93. The van der Waals surface area contributed by atoms with Crippen LogP contribution < -0.4 is 5.32 Å². The zero-order chi connectivity index (χ0) is 30.2. The van der Waals surface area contributed by atoms with Crippen molar-refractivity contribution in [2.75, 3.05) is 38.0 Å².